The zero-order valence-electron chi connectivity index (χ0n) is 12.7. The Morgan fingerprint density at radius 1 is 1.43 bits per heavy atom. The van der Waals surface area contributed by atoms with Gasteiger partial charge in [0.05, 0.1) is 6.07 Å². The number of benzene rings is 1. The average molecular weight is 328 g/mol. The van der Waals surface area contributed by atoms with E-state index < -0.39 is 17.4 Å². The fourth-order valence-electron chi connectivity index (χ4n) is 2.49. The largest absolute Gasteiger partial charge is 0.451 e. The van der Waals surface area contributed by atoms with Crippen LogP contribution in [0, 0.1) is 17.2 Å². The lowest BCUT2D eigenvalue weighted by atomic mass is 9.98. The molecule has 2 aromatic rings. The summed E-state index contributed by atoms with van der Waals surface area (Å²) < 4.78 is 6.06. The molecule has 0 unspecified atom stereocenters. The molecule has 1 amide bonds. The van der Waals surface area contributed by atoms with Crippen LogP contribution in [0.1, 0.15) is 29.4 Å². The third-order valence-electron chi connectivity index (χ3n) is 3.99. The van der Waals surface area contributed by atoms with Gasteiger partial charge in [-0.2, -0.15) is 5.26 Å². The molecule has 23 heavy (non-hydrogen) atoms. The van der Waals surface area contributed by atoms with Crippen molar-refractivity contribution in [2.75, 3.05) is 6.61 Å². The molecule has 1 N–H and O–H groups in total. The summed E-state index contributed by atoms with van der Waals surface area (Å²) in [7, 11) is 0. The van der Waals surface area contributed by atoms with Crippen molar-refractivity contribution >= 4 is 33.3 Å². The summed E-state index contributed by atoms with van der Waals surface area (Å²) >= 11 is 1.33. The van der Waals surface area contributed by atoms with Gasteiger partial charge in [0.25, 0.3) is 5.91 Å². The summed E-state index contributed by atoms with van der Waals surface area (Å²) in [6.07, 6.45) is 1.87. The molecule has 5 nitrogen and oxygen atoms in total. The van der Waals surface area contributed by atoms with Crippen LogP contribution in [0.5, 0.6) is 0 Å². The molecule has 6 heteroatoms. The fourth-order valence-corrected chi connectivity index (χ4v) is 3.45. The molecule has 0 spiro atoms. The number of hydrogen-bond donors (Lipinski definition) is 1. The van der Waals surface area contributed by atoms with Crippen LogP contribution in [0.3, 0.4) is 0 Å². The number of nitriles is 1. The first-order chi connectivity index (χ1) is 11.0. The number of fused-ring (bicyclic) bond motifs is 1. The lowest BCUT2D eigenvalue weighted by molar-refractivity contribution is -0.125. The number of hydrogen-bond acceptors (Lipinski definition) is 5. The normalized spacial score (nSPS) is 16.3. The zero-order chi connectivity index (χ0) is 16.4. The number of esters is 1. The Morgan fingerprint density at radius 2 is 2.17 bits per heavy atom. The van der Waals surface area contributed by atoms with E-state index in [1.807, 2.05) is 24.3 Å². The Labute approximate surface area is 137 Å². The Bertz CT molecular complexity index is 771. The Morgan fingerprint density at radius 3 is 2.83 bits per heavy atom. The molecule has 1 aromatic heterocycles. The van der Waals surface area contributed by atoms with Crippen LogP contribution < -0.4 is 5.32 Å². The third-order valence-corrected chi connectivity index (χ3v) is 5.08. The molecule has 1 fully saturated rings. The first-order valence-electron chi connectivity index (χ1n) is 7.40. The van der Waals surface area contributed by atoms with Crippen molar-refractivity contribution in [2.45, 2.75) is 25.3 Å². The molecule has 0 bridgehead atoms. The highest BCUT2D eigenvalue weighted by atomic mass is 32.1. The number of carbonyl (C=O) groups is 2. The van der Waals surface area contributed by atoms with E-state index in [9.17, 15) is 14.9 Å². The van der Waals surface area contributed by atoms with Crippen molar-refractivity contribution in [2.24, 2.45) is 5.92 Å². The number of nitrogens with one attached hydrogen (secondary N) is 1. The summed E-state index contributed by atoms with van der Waals surface area (Å²) in [6, 6.07) is 11.5. The van der Waals surface area contributed by atoms with Gasteiger partial charge in [0.1, 0.15) is 10.4 Å². The van der Waals surface area contributed by atoms with Gasteiger partial charge in [-0.1, -0.05) is 18.2 Å². The minimum atomic E-state index is -0.874. The summed E-state index contributed by atoms with van der Waals surface area (Å²) in [6.45, 7) is 1.33. The van der Waals surface area contributed by atoms with Crippen LogP contribution in [0.25, 0.3) is 10.1 Å². The van der Waals surface area contributed by atoms with E-state index in [1.165, 1.54) is 11.3 Å². The number of ether oxygens (including phenoxy) is 1. The molecule has 118 valence electrons. The predicted octanol–water partition coefficient (Wildman–Crippen LogP) is 2.87. The molecule has 1 aliphatic rings. The Hall–Kier alpha value is -2.39. The van der Waals surface area contributed by atoms with Gasteiger partial charge >= 0.3 is 5.97 Å². The van der Waals surface area contributed by atoms with Gasteiger partial charge in [0.15, 0.2) is 6.61 Å². The highest BCUT2D eigenvalue weighted by Crippen LogP contribution is 2.39. The van der Waals surface area contributed by atoms with Gasteiger partial charge in [-0.15, -0.1) is 11.3 Å². The number of amides is 1. The third kappa shape index (κ3) is 3.35. The molecule has 1 heterocycles. The van der Waals surface area contributed by atoms with Crippen molar-refractivity contribution in [3.8, 4) is 6.07 Å². The van der Waals surface area contributed by atoms with Gasteiger partial charge < -0.3 is 10.1 Å². The molecular formula is C17H16N2O3S. The van der Waals surface area contributed by atoms with Gasteiger partial charge in [-0.3, -0.25) is 4.79 Å². The minimum absolute atomic E-state index is 0.190. The predicted molar refractivity (Wildman–Crippen MR) is 87.0 cm³/mol. The van der Waals surface area contributed by atoms with Gasteiger partial charge in [0.2, 0.25) is 0 Å². The van der Waals surface area contributed by atoms with Gasteiger partial charge in [-0.05, 0) is 43.2 Å². The Balaban J connectivity index is 1.58. The summed E-state index contributed by atoms with van der Waals surface area (Å²) in [5, 5.41) is 12.8. The van der Waals surface area contributed by atoms with Crippen LogP contribution >= 0.6 is 11.3 Å². The van der Waals surface area contributed by atoms with Crippen molar-refractivity contribution in [1.29, 1.82) is 5.26 Å². The van der Waals surface area contributed by atoms with E-state index in [1.54, 1.807) is 13.0 Å². The molecule has 0 aliphatic heterocycles. The molecule has 1 aliphatic carbocycles. The van der Waals surface area contributed by atoms with Crippen molar-refractivity contribution in [3.63, 3.8) is 0 Å². The molecule has 1 aromatic carbocycles. The van der Waals surface area contributed by atoms with E-state index in [0.29, 0.717) is 4.88 Å². The first-order valence-corrected chi connectivity index (χ1v) is 8.21. The van der Waals surface area contributed by atoms with Crippen LogP contribution in [-0.2, 0) is 9.53 Å². The van der Waals surface area contributed by atoms with Crippen LogP contribution in [0.4, 0.5) is 0 Å². The van der Waals surface area contributed by atoms with Gasteiger partial charge in [-0.25, -0.2) is 4.79 Å². The molecule has 0 radical (unpaired) electrons. The maximum atomic E-state index is 12.0. The lowest BCUT2D eigenvalue weighted by Gasteiger charge is -2.22. The molecular weight excluding hydrogens is 312 g/mol. The maximum absolute atomic E-state index is 12.0. The van der Waals surface area contributed by atoms with Crippen molar-refractivity contribution in [3.05, 3.63) is 35.2 Å². The highest BCUT2D eigenvalue weighted by molar-refractivity contribution is 7.20. The number of nitrogens with zero attached hydrogens (tertiary/aromatic N) is 1. The quantitative estimate of drug-likeness (QED) is 0.856. The standard InChI is InChI=1S/C17H16N2O3S/c1-17(10-18,12-6-7-12)19-15(20)9-22-16(21)14-8-11-4-2-3-5-13(11)23-14/h2-5,8,12H,6-7,9H2,1H3,(H,19,20)/t17-/m0/s1. The molecule has 1 atom stereocenters. The summed E-state index contributed by atoms with van der Waals surface area (Å²) in [4.78, 5) is 24.4. The maximum Gasteiger partial charge on any atom is 0.348 e. The van der Waals surface area contributed by atoms with Crippen molar-refractivity contribution < 1.29 is 14.3 Å². The highest BCUT2D eigenvalue weighted by Gasteiger charge is 2.43. The first kappa shape index (κ1) is 15.5. The van der Waals surface area contributed by atoms with E-state index >= 15 is 0 Å². The minimum Gasteiger partial charge on any atom is -0.451 e. The summed E-state index contributed by atoms with van der Waals surface area (Å²) in [5.74, 6) is -0.781. The van der Waals surface area contributed by atoms with Crippen LogP contribution in [0.2, 0.25) is 0 Å². The lowest BCUT2D eigenvalue weighted by Crippen LogP contribution is -2.48. The van der Waals surface area contributed by atoms with E-state index in [-0.39, 0.29) is 12.5 Å². The average Bonchev–Trinajstić information content (AvgIpc) is 3.32. The summed E-state index contributed by atoms with van der Waals surface area (Å²) in [5.41, 5.74) is -0.874. The Kier molecular flexibility index (Phi) is 4.05. The van der Waals surface area contributed by atoms with E-state index in [4.69, 9.17) is 4.74 Å². The topological polar surface area (TPSA) is 79.2 Å². The monoisotopic (exact) mass is 328 g/mol. The molecule has 3 rings (SSSR count). The number of thiophene rings is 1. The van der Waals surface area contributed by atoms with Gasteiger partial charge in [0, 0.05) is 4.70 Å². The van der Waals surface area contributed by atoms with E-state index in [0.717, 1.165) is 22.9 Å². The molecule has 0 saturated heterocycles. The van der Waals surface area contributed by atoms with Crippen LogP contribution in [-0.4, -0.2) is 24.0 Å². The second-order valence-corrected chi connectivity index (χ2v) is 6.94. The zero-order valence-corrected chi connectivity index (χ0v) is 13.5. The smallest absolute Gasteiger partial charge is 0.348 e. The molecule has 1 saturated carbocycles. The number of carbonyl (C=O) groups excluding carboxylic acids is 2. The SMILES string of the molecule is C[C@@](C#N)(NC(=O)COC(=O)c1cc2ccccc2s1)C1CC1. The number of rotatable bonds is 5. The van der Waals surface area contributed by atoms with E-state index in [2.05, 4.69) is 11.4 Å². The fraction of sp³-hybridized carbons (Fsp3) is 0.353. The second kappa shape index (κ2) is 6.01. The van der Waals surface area contributed by atoms with Crippen LogP contribution in [0.15, 0.2) is 30.3 Å². The van der Waals surface area contributed by atoms with Crippen molar-refractivity contribution in [1.82, 2.24) is 5.32 Å². The second-order valence-electron chi connectivity index (χ2n) is 5.86.